The van der Waals surface area contributed by atoms with Crippen molar-refractivity contribution in [1.29, 1.82) is 0 Å². The smallest absolute Gasteiger partial charge is 0.354 e. The van der Waals surface area contributed by atoms with Crippen LogP contribution in [-0.4, -0.2) is 25.7 Å². The van der Waals surface area contributed by atoms with Crippen LogP contribution in [0.25, 0.3) is 16.9 Å². The molecule has 0 aliphatic carbocycles. The second-order valence-corrected chi connectivity index (χ2v) is 6.25. The van der Waals surface area contributed by atoms with Gasteiger partial charge in [-0.15, -0.1) is 0 Å². The average Bonchev–Trinajstić information content (AvgIpc) is 2.91. The standard InChI is InChI=1S/C17H17N3O2/c1-17(2,3)14-10-15-18-12(11-7-5-4-6-8-11)9-13(16(21)22)20(15)19-14/h4-10H,1-3H3,(H,21,22). The summed E-state index contributed by atoms with van der Waals surface area (Å²) in [6.45, 7) is 6.11. The van der Waals surface area contributed by atoms with E-state index in [1.165, 1.54) is 4.52 Å². The average molecular weight is 295 g/mol. The largest absolute Gasteiger partial charge is 0.477 e. The summed E-state index contributed by atoms with van der Waals surface area (Å²) in [5, 5.41) is 13.9. The molecule has 2 heterocycles. The lowest BCUT2D eigenvalue weighted by Gasteiger charge is -2.13. The number of benzene rings is 1. The van der Waals surface area contributed by atoms with E-state index >= 15 is 0 Å². The number of aromatic nitrogens is 3. The molecule has 0 aliphatic rings. The molecule has 22 heavy (non-hydrogen) atoms. The van der Waals surface area contributed by atoms with Crippen LogP contribution in [0.3, 0.4) is 0 Å². The first-order valence-electron chi connectivity index (χ1n) is 7.06. The monoisotopic (exact) mass is 295 g/mol. The zero-order valence-electron chi connectivity index (χ0n) is 12.7. The Hall–Kier alpha value is -2.69. The van der Waals surface area contributed by atoms with Crippen molar-refractivity contribution in [2.75, 3.05) is 0 Å². The fourth-order valence-electron chi connectivity index (χ4n) is 2.25. The van der Waals surface area contributed by atoms with Crippen molar-refractivity contribution in [3.8, 4) is 11.3 Å². The zero-order chi connectivity index (χ0) is 15.9. The van der Waals surface area contributed by atoms with Crippen LogP contribution in [0.1, 0.15) is 37.0 Å². The molecule has 1 N–H and O–H groups in total. The molecule has 1 aromatic carbocycles. The Labute approximate surface area is 128 Å². The van der Waals surface area contributed by atoms with Gasteiger partial charge in [0.25, 0.3) is 0 Å². The maximum absolute atomic E-state index is 11.6. The van der Waals surface area contributed by atoms with Crippen LogP contribution in [0.5, 0.6) is 0 Å². The molecule has 2 aromatic heterocycles. The zero-order valence-corrected chi connectivity index (χ0v) is 12.7. The lowest BCUT2D eigenvalue weighted by atomic mass is 9.93. The second kappa shape index (κ2) is 4.94. The van der Waals surface area contributed by atoms with Gasteiger partial charge in [-0.25, -0.2) is 14.3 Å². The molecule has 0 atom stereocenters. The molecule has 0 unspecified atom stereocenters. The fourth-order valence-corrected chi connectivity index (χ4v) is 2.25. The van der Waals surface area contributed by atoms with E-state index in [2.05, 4.69) is 10.1 Å². The molecular formula is C17H17N3O2. The summed E-state index contributed by atoms with van der Waals surface area (Å²) in [7, 11) is 0. The van der Waals surface area contributed by atoms with Crippen molar-refractivity contribution in [3.05, 3.63) is 53.9 Å². The highest BCUT2D eigenvalue weighted by Gasteiger charge is 2.21. The van der Waals surface area contributed by atoms with Gasteiger partial charge in [0.15, 0.2) is 11.3 Å². The summed E-state index contributed by atoms with van der Waals surface area (Å²) in [6.07, 6.45) is 0. The molecule has 0 amide bonds. The van der Waals surface area contributed by atoms with E-state index in [0.29, 0.717) is 11.3 Å². The van der Waals surface area contributed by atoms with Gasteiger partial charge in [-0.2, -0.15) is 5.10 Å². The van der Waals surface area contributed by atoms with Crippen molar-refractivity contribution in [2.45, 2.75) is 26.2 Å². The molecule has 3 aromatic rings. The topological polar surface area (TPSA) is 67.5 Å². The summed E-state index contributed by atoms with van der Waals surface area (Å²) in [5.41, 5.74) is 2.81. The van der Waals surface area contributed by atoms with E-state index in [1.807, 2.05) is 57.2 Å². The van der Waals surface area contributed by atoms with E-state index in [1.54, 1.807) is 6.07 Å². The summed E-state index contributed by atoms with van der Waals surface area (Å²) in [6, 6.07) is 12.9. The first kappa shape index (κ1) is 14.3. The van der Waals surface area contributed by atoms with Crippen LogP contribution < -0.4 is 0 Å². The minimum absolute atomic E-state index is 0.111. The van der Waals surface area contributed by atoms with Gasteiger partial charge in [0, 0.05) is 17.0 Å². The second-order valence-electron chi connectivity index (χ2n) is 6.25. The molecule has 0 fully saturated rings. The van der Waals surface area contributed by atoms with Crippen LogP contribution in [0, 0.1) is 0 Å². The molecule has 112 valence electrons. The van der Waals surface area contributed by atoms with Gasteiger partial charge < -0.3 is 5.11 Å². The van der Waals surface area contributed by atoms with Crippen LogP contribution in [-0.2, 0) is 5.41 Å². The molecule has 0 aliphatic heterocycles. The SMILES string of the molecule is CC(C)(C)c1cc2nc(-c3ccccc3)cc(C(=O)O)n2n1. The van der Waals surface area contributed by atoms with Gasteiger partial charge in [-0.05, 0) is 6.07 Å². The number of hydrogen-bond acceptors (Lipinski definition) is 3. The number of rotatable bonds is 2. The third-order valence-electron chi connectivity index (χ3n) is 3.48. The van der Waals surface area contributed by atoms with Gasteiger partial charge >= 0.3 is 5.97 Å². The third kappa shape index (κ3) is 2.45. The van der Waals surface area contributed by atoms with E-state index in [4.69, 9.17) is 0 Å². The third-order valence-corrected chi connectivity index (χ3v) is 3.48. The van der Waals surface area contributed by atoms with Crippen molar-refractivity contribution in [3.63, 3.8) is 0 Å². The van der Waals surface area contributed by atoms with E-state index in [0.717, 1.165) is 11.3 Å². The van der Waals surface area contributed by atoms with E-state index in [-0.39, 0.29) is 11.1 Å². The minimum atomic E-state index is -1.02. The number of hydrogen-bond donors (Lipinski definition) is 1. The number of fused-ring (bicyclic) bond motifs is 1. The first-order chi connectivity index (χ1) is 10.4. The van der Waals surface area contributed by atoms with Crippen LogP contribution in [0.15, 0.2) is 42.5 Å². The molecular weight excluding hydrogens is 278 g/mol. The Morgan fingerprint density at radius 2 is 1.82 bits per heavy atom. The van der Waals surface area contributed by atoms with Crippen molar-refractivity contribution in [1.82, 2.24) is 14.6 Å². The summed E-state index contributed by atoms with van der Waals surface area (Å²) in [4.78, 5) is 16.1. The minimum Gasteiger partial charge on any atom is -0.477 e. The molecule has 0 bridgehead atoms. The quantitative estimate of drug-likeness (QED) is 0.787. The van der Waals surface area contributed by atoms with Crippen LogP contribution in [0.2, 0.25) is 0 Å². The molecule has 0 saturated heterocycles. The molecule has 3 rings (SSSR count). The van der Waals surface area contributed by atoms with Crippen molar-refractivity contribution >= 4 is 11.6 Å². The lowest BCUT2D eigenvalue weighted by Crippen LogP contribution is -2.13. The van der Waals surface area contributed by atoms with E-state index < -0.39 is 5.97 Å². The Balaban J connectivity index is 2.28. The Morgan fingerprint density at radius 3 is 2.41 bits per heavy atom. The van der Waals surface area contributed by atoms with Crippen molar-refractivity contribution < 1.29 is 9.90 Å². The van der Waals surface area contributed by atoms with Gasteiger partial charge in [0.05, 0.1) is 11.4 Å². The van der Waals surface area contributed by atoms with Gasteiger partial charge in [0.2, 0.25) is 0 Å². The predicted octanol–water partition coefficient (Wildman–Crippen LogP) is 3.39. The summed E-state index contributed by atoms with van der Waals surface area (Å²) in [5.74, 6) is -1.02. The number of nitrogens with zero attached hydrogens (tertiary/aromatic N) is 3. The van der Waals surface area contributed by atoms with Crippen LogP contribution >= 0.6 is 0 Å². The predicted molar refractivity (Wildman–Crippen MR) is 84.1 cm³/mol. The fraction of sp³-hybridized carbons (Fsp3) is 0.235. The number of carboxylic acids is 1. The normalized spacial score (nSPS) is 11.8. The summed E-state index contributed by atoms with van der Waals surface area (Å²) >= 11 is 0. The highest BCUT2D eigenvalue weighted by Crippen LogP contribution is 2.25. The highest BCUT2D eigenvalue weighted by molar-refractivity contribution is 5.88. The number of carboxylic acid groups (broad SMARTS) is 1. The Bertz CT molecular complexity index is 845. The van der Waals surface area contributed by atoms with Crippen LogP contribution in [0.4, 0.5) is 0 Å². The maximum atomic E-state index is 11.6. The number of carbonyl (C=O) groups is 1. The molecule has 0 spiro atoms. The molecule has 5 nitrogen and oxygen atoms in total. The van der Waals surface area contributed by atoms with E-state index in [9.17, 15) is 9.90 Å². The first-order valence-corrected chi connectivity index (χ1v) is 7.06. The molecule has 0 saturated carbocycles. The maximum Gasteiger partial charge on any atom is 0.354 e. The highest BCUT2D eigenvalue weighted by atomic mass is 16.4. The van der Waals surface area contributed by atoms with Crippen molar-refractivity contribution in [2.24, 2.45) is 0 Å². The lowest BCUT2D eigenvalue weighted by molar-refractivity contribution is 0.0687. The Morgan fingerprint density at radius 1 is 1.14 bits per heavy atom. The summed E-state index contributed by atoms with van der Waals surface area (Å²) < 4.78 is 1.40. The molecule has 0 radical (unpaired) electrons. The Kier molecular flexibility index (Phi) is 3.20. The van der Waals surface area contributed by atoms with Gasteiger partial charge in [-0.1, -0.05) is 51.1 Å². The van der Waals surface area contributed by atoms with Gasteiger partial charge in [0.1, 0.15) is 0 Å². The van der Waals surface area contributed by atoms with Gasteiger partial charge in [-0.3, -0.25) is 0 Å². The molecule has 5 heteroatoms. The number of aromatic carboxylic acids is 1.